The summed E-state index contributed by atoms with van der Waals surface area (Å²) in [5.74, 6) is 0.822. The van der Waals surface area contributed by atoms with Crippen molar-refractivity contribution in [1.29, 1.82) is 0 Å². The van der Waals surface area contributed by atoms with Crippen LogP contribution in [0, 0.1) is 5.92 Å². The minimum Gasteiger partial charge on any atom is -0.350 e. The molecule has 0 atom stereocenters. The van der Waals surface area contributed by atoms with E-state index in [9.17, 15) is 4.79 Å². The van der Waals surface area contributed by atoms with E-state index in [0.29, 0.717) is 6.54 Å². The van der Waals surface area contributed by atoms with Gasteiger partial charge in [0, 0.05) is 5.54 Å². The van der Waals surface area contributed by atoms with Crippen LogP contribution in [0.5, 0.6) is 0 Å². The molecule has 3 nitrogen and oxygen atoms in total. The third-order valence-corrected chi connectivity index (χ3v) is 1.94. The first kappa shape index (κ1) is 14.4. The molecule has 15 heavy (non-hydrogen) atoms. The summed E-state index contributed by atoms with van der Waals surface area (Å²) in [6, 6.07) is 0. The van der Waals surface area contributed by atoms with E-state index < -0.39 is 0 Å². The summed E-state index contributed by atoms with van der Waals surface area (Å²) in [6.07, 6.45) is 2.36. The summed E-state index contributed by atoms with van der Waals surface area (Å²) in [5.41, 5.74) is -0.128. The van der Waals surface area contributed by atoms with E-state index in [4.69, 9.17) is 0 Å². The fourth-order valence-corrected chi connectivity index (χ4v) is 1.30. The van der Waals surface area contributed by atoms with E-state index in [2.05, 4.69) is 24.5 Å². The third kappa shape index (κ3) is 11.4. The minimum absolute atomic E-state index is 0.0760. The molecule has 0 aromatic heterocycles. The van der Waals surface area contributed by atoms with E-state index >= 15 is 0 Å². The lowest BCUT2D eigenvalue weighted by Crippen LogP contribution is -2.44. The maximum atomic E-state index is 11.4. The Morgan fingerprint density at radius 1 is 1.27 bits per heavy atom. The molecule has 0 aliphatic rings. The van der Waals surface area contributed by atoms with Gasteiger partial charge in [-0.15, -0.1) is 0 Å². The van der Waals surface area contributed by atoms with Crippen molar-refractivity contribution in [3.8, 4) is 0 Å². The highest BCUT2D eigenvalue weighted by molar-refractivity contribution is 5.78. The Labute approximate surface area is 94.0 Å². The van der Waals surface area contributed by atoms with E-state index in [0.717, 1.165) is 18.9 Å². The molecular weight excluding hydrogens is 188 g/mol. The maximum Gasteiger partial charge on any atom is 0.234 e. The van der Waals surface area contributed by atoms with Gasteiger partial charge in [-0.2, -0.15) is 0 Å². The van der Waals surface area contributed by atoms with Gasteiger partial charge in [0.2, 0.25) is 5.91 Å². The summed E-state index contributed by atoms with van der Waals surface area (Å²) >= 11 is 0. The van der Waals surface area contributed by atoms with Crippen LogP contribution < -0.4 is 10.6 Å². The quantitative estimate of drug-likeness (QED) is 0.663. The zero-order valence-corrected chi connectivity index (χ0v) is 10.8. The molecule has 0 fully saturated rings. The van der Waals surface area contributed by atoms with Crippen molar-refractivity contribution in [2.75, 3.05) is 13.1 Å². The van der Waals surface area contributed by atoms with Crippen LogP contribution in [0.2, 0.25) is 0 Å². The topological polar surface area (TPSA) is 41.1 Å². The average molecular weight is 214 g/mol. The molecule has 0 aromatic carbocycles. The van der Waals surface area contributed by atoms with Crippen molar-refractivity contribution < 1.29 is 4.79 Å². The molecule has 1 amide bonds. The summed E-state index contributed by atoms with van der Waals surface area (Å²) < 4.78 is 0. The fraction of sp³-hybridized carbons (Fsp3) is 0.917. The molecule has 0 unspecified atom stereocenters. The Morgan fingerprint density at radius 2 is 1.87 bits per heavy atom. The van der Waals surface area contributed by atoms with Crippen molar-refractivity contribution >= 4 is 5.91 Å². The highest BCUT2D eigenvalue weighted by atomic mass is 16.2. The van der Waals surface area contributed by atoms with Gasteiger partial charge in [0.05, 0.1) is 6.54 Å². The molecule has 2 N–H and O–H groups in total. The summed E-state index contributed by atoms with van der Waals surface area (Å²) in [6.45, 7) is 11.8. The lowest BCUT2D eigenvalue weighted by atomic mass is 10.1. The van der Waals surface area contributed by atoms with Crippen molar-refractivity contribution in [1.82, 2.24) is 10.6 Å². The molecule has 0 aliphatic heterocycles. The standard InChI is InChI=1S/C12H26N2O/c1-10(2)7-6-8-13-9-11(15)14-12(3,4)5/h10,13H,6-9H2,1-5H3,(H,14,15). The zero-order chi connectivity index (χ0) is 11.9. The van der Waals surface area contributed by atoms with Gasteiger partial charge in [-0.3, -0.25) is 4.79 Å². The van der Waals surface area contributed by atoms with E-state index in [1.165, 1.54) is 6.42 Å². The van der Waals surface area contributed by atoms with E-state index in [1.807, 2.05) is 20.8 Å². The number of rotatable bonds is 6. The van der Waals surface area contributed by atoms with Crippen LogP contribution in [0.25, 0.3) is 0 Å². The normalized spacial score (nSPS) is 11.9. The lowest BCUT2D eigenvalue weighted by Gasteiger charge is -2.20. The number of hydrogen-bond acceptors (Lipinski definition) is 2. The molecule has 0 heterocycles. The smallest absolute Gasteiger partial charge is 0.234 e. The Hall–Kier alpha value is -0.570. The third-order valence-electron chi connectivity index (χ3n) is 1.94. The zero-order valence-electron chi connectivity index (χ0n) is 10.8. The highest BCUT2D eigenvalue weighted by Crippen LogP contribution is 2.01. The second-order valence-electron chi connectivity index (χ2n) is 5.51. The highest BCUT2D eigenvalue weighted by Gasteiger charge is 2.12. The van der Waals surface area contributed by atoms with Gasteiger partial charge in [-0.25, -0.2) is 0 Å². The summed E-state index contributed by atoms with van der Waals surface area (Å²) in [7, 11) is 0. The molecule has 0 rings (SSSR count). The minimum atomic E-state index is -0.128. The molecule has 90 valence electrons. The maximum absolute atomic E-state index is 11.4. The first-order valence-electron chi connectivity index (χ1n) is 5.83. The molecule has 0 spiro atoms. The molecule has 0 saturated heterocycles. The van der Waals surface area contributed by atoms with Gasteiger partial charge in [0.15, 0.2) is 0 Å². The molecule has 0 aliphatic carbocycles. The molecule has 0 bridgehead atoms. The fourth-order valence-electron chi connectivity index (χ4n) is 1.30. The van der Waals surface area contributed by atoms with Crippen molar-refractivity contribution in [3.05, 3.63) is 0 Å². The van der Waals surface area contributed by atoms with Gasteiger partial charge >= 0.3 is 0 Å². The number of carbonyl (C=O) groups is 1. The molecular formula is C12H26N2O. The van der Waals surface area contributed by atoms with Gasteiger partial charge in [-0.1, -0.05) is 13.8 Å². The molecule has 0 saturated carbocycles. The average Bonchev–Trinajstić information content (AvgIpc) is 1.99. The van der Waals surface area contributed by atoms with Crippen LogP contribution in [0.1, 0.15) is 47.5 Å². The summed E-state index contributed by atoms with van der Waals surface area (Å²) in [5, 5.41) is 6.07. The van der Waals surface area contributed by atoms with Crippen LogP contribution in [0.15, 0.2) is 0 Å². The largest absolute Gasteiger partial charge is 0.350 e. The van der Waals surface area contributed by atoms with E-state index in [-0.39, 0.29) is 11.4 Å². The van der Waals surface area contributed by atoms with E-state index in [1.54, 1.807) is 0 Å². The predicted octanol–water partition coefficient (Wildman–Crippen LogP) is 1.93. The van der Waals surface area contributed by atoms with Gasteiger partial charge in [-0.05, 0) is 46.1 Å². The second-order valence-corrected chi connectivity index (χ2v) is 5.51. The van der Waals surface area contributed by atoms with Crippen molar-refractivity contribution in [3.63, 3.8) is 0 Å². The Morgan fingerprint density at radius 3 is 2.33 bits per heavy atom. The van der Waals surface area contributed by atoms with Crippen molar-refractivity contribution in [2.24, 2.45) is 5.92 Å². The number of nitrogens with one attached hydrogen (secondary N) is 2. The number of carbonyl (C=O) groups excluding carboxylic acids is 1. The van der Waals surface area contributed by atoms with Gasteiger partial charge in [0.1, 0.15) is 0 Å². The first-order valence-corrected chi connectivity index (χ1v) is 5.83. The SMILES string of the molecule is CC(C)CCCNCC(=O)NC(C)(C)C. The van der Waals surface area contributed by atoms with Crippen LogP contribution >= 0.6 is 0 Å². The second kappa shape index (κ2) is 6.83. The Bertz CT molecular complexity index is 183. The van der Waals surface area contributed by atoms with Crippen LogP contribution in [-0.2, 0) is 4.79 Å². The molecule has 3 heteroatoms. The Balaban J connectivity index is 3.40. The monoisotopic (exact) mass is 214 g/mol. The van der Waals surface area contributed by atoms with Crippen LogP contribution in [0.4, 0.5) is 0 Å². The van der Waals surface area contributed by atoms with Crippen LogP contribution in [0.3, 0.4) is 0 Å². The van der Waals surface area contributed by atoms with Crippen molar-refractivity contribution in [2.45, 2.75) is 53.0 Å². The lowest BCUT2D eigenvalue weighted by molar-refractivity contribution is -0.121. The predicted molar refractivity (Wildman–Crippen MR) is 64.8 cm³/mol. The number of amides is 1. The van der Waals surface area contributed by atoms with Gasteiger partial charge < -0.3 is 10.6 Å². The molecule has 0 radical (unpaired) electrons. The number of hydrogen-bond donors (Lipinski definition) is 2. The van der Waals surface area contributed by atoms with Gasteiger partial charge in [0.25, 0.3) is 0 Å². The molecule has 0 aromatic rings. The summed E-state index contributed by atoms with van der Waals surface area (Å²) in [4.78, 5) is 11.4. The Kier molecular flexibility index (Phi) is 6.57. The first-order chi connectivity index (χ1) is 6.81. The van der Waals surface area contributed by atoms with Crippen LogP contribution in [-0.4, -0.2) is 24.5 Å².